The van der Waals surface area contributed by atoms with Crippen molar-refractivity contribution in [2.75, 3.05) is 29.6 Å². The lowest BCUT2D eigenvalue weighted by molar-refractivity contribution is -0.153. The highest BCUT2D eigenvalue weighted by atomic mass is 19.4. The van der Waals surface area contributed by atoms with Crippen molar-refractivity contribution < 1.29 is 22.6 Å². The number of pyridine rings is 1. The van der Waals surface area contributed by atoms with E-state index in [9.17, 15) is 18.0 Å². The maximum Gasteiger partial charge on any atom is 0.408 e. The summed E-state index contributed by atoms with van der Waals surface area (Å²) >= 11 is 0. The van der Waals surface area contributed by atoms with Crippen molar-refractivity contribution >= 4 is 11.8 Å². The first kappa shape index (κ1) is 23.3. The average molecular weight is 467 g/mol. The van der Waals surface area contributed by atoms with Gasteiger partial charge in [0.2, 0.25) is 11.8 Å². The average Bonchev–Trinajstić information content (AvgIpc) is 2.74. The zero-order valence-corrected chi connectivity index (χ0v) is 18.9. The fourth-order valence-electron chi connectivity index (χ4n) is 4.25. The summed E-state index contributed by atoms with van der Waals surface area (Å²) in [7, 11) is 0. The molecule has 0 spiro atoms. The van der Waals surface area contributed by atoms with E-state index in [1.165, 1.54) is 16.8 Å². The Morgan fingerprint density at radius 3 is 2.79 bits per heavy atom. The van der Waals surface area contributed by atoms with Gasteiger partial charge in [0.15, 0.2) is 0 Å². The van der Waals surface area contributed by atoms with Crippen LogP contribution in [-0.2, 0) is 17.8 Å². The lowest BCUT2D eigenvalue weighted by Gasteiger charge is -2.40. The Morgan fingerprint density at radius 2 is 2.09 bits per heavy atom. The van der Waals surface area contributed by atoms with Gasteiger partial charge in [0.1, 0.15) is 11.9 Å². The first-order valence-corrected chi connectivity index (χ1v) is 11.1. The third-order valence-corrected chi connectivity index (χ3v) is 5.81. The molecule has 33 heavy (non-hydrogen) atoms. The van der Waals surface area contributed by atoms with Crippen molar-refractivity contribution in [2.24, 2.45) is 0 Å². The predicted octanol–water partition coefficient (Wildman–Crippen LogP) is 2.99. The molecule has 1 fully saturated rings. The molecule has 2 aliphatic rings. The zero-order chi connectivity index (χ0) is 23.8. The number of hydrogen-bond donors (Lipinski definition) is 0. The Kier molecular flexibility index (Phi) is 6.51. The molecule has 2 aromatic heterocycles. The molecule has 0 amide bonds. The molecule has 0 aliphatic carbocycles. The summed E-state index contributed by atoms with van der Waals surface area (Å²) < 4.78 is 54.7. The van der Waals surface area contributed by atoms with Crippen LogP contribution in [0.15, 0.2) is 29.2 Å². The van der Waals surface area contributed by atoms with Crippen LogP contribution in [0.5, 0.6) is 5.88 Å². The molecular weight excluding hydrogens is 439 g/mol. The fraction of sp³-hybridized carbons (Fsp3) is 0.591. The summed E-state index contributed by atoms with van der Waals surface area (Å²) in [4.78, 5) is 24.8. The van der Waals surface area contributed by atoms with E-state index in [0.29, 0.717) is 31.1 Å². The lowest BCUT2D eigenvalue weighted by Crippen LogP contribution is -2.52. The quantitative estimate of drug-likeness (QED) is 0.670. The van der Waals surface area contributed by atoms with Crippen molar-refractivity contribution in [3.63, 3.8) is 0 Å². The molecule has 180 valence electrons. The van der Waals surface area contributed by atoms with Crippen molar-refractivity contribution in [3.8, 4) is 5.88 Å². The topological polar surface area (TPSA) is 72.7 Å². The van der Waals surface area contributed by atoms with Crippen molar-refractivity contribution in [1.29, 1.82) is 0 Å². The van der Waals surface area contributed by atoms with E-state index in [-0.39, 0.29) is 49.0 Å². The van der Waals surface area contributed by atoms with Crippen LogP contribution in [-0.4, -0.2) is 58.7 Å². The van der Waals surface area contributed by atoms with Gasteiger partial charge in [-0.3, -0.25) is 9.36 Å². The molecule has 0 saturated carbocycles. The molecule has 0 aromatic carbocycles. The molecule has 1 saturated heterocycles. The van der Waals surface area contributed by atoms with Gasteiger partial charge in [-0.15, -0.1) is 0 Å². The Labute approximate surface area is 189 Å². The Balaban J connectivity index is 1.79. The Hall–Kier alpha value is -2.82. The fourth-order valence-corrected chi connectivity index (χ4v) is 4.25. The van der Waals surface area contributed by atoms with E-state index in [4.69, 9.17) is 9.47 Å². The van der Waals surface area contributed by atoms with Gasteiger partial charge in [0.25, 0.3) is 5.56 Å². The molecule has 0 N–H and O–H groups in total. The second-order valence-corrected chi connectivity index (χ2v) is 8.63. The minimum Gasteiger partial charge on any atom is -0.475 e. The van der Waals surface area contributed by atoms with Crippen LogP contribution in [0.25, 0.3) is 0 Å². The summed E-state index contributed by atoms with van der Waals surface area (Å²) in [5.41, 5.74) is 0.123. The van der Waals surface area contributed by atoms with Gasteiger partial charge in [-0.2, -0.15) is 18.2 Å². The van der Waals surface area contributed by atoms with Crippen molar-refractivity contribution in [1.82, 2.24) is 14.5 Å². The summed E-state index contributed by atoms with van der Waals surface area (Å²) in [6, 6.07) is 2.90. The van der Waals surface area contributed by atoms with Gasteiger partial charge < -0.3 is 19.3 Å². The van der Waals surface area contributed by atoms with Crippen LogP contribution >= 0.6 is 0 Å². The molecule has 4 rings (SSSR count). The second kappa shape index (κ2) is 9.20. The van der Waals surface area contributed by atoms with Gasteiger partial charge in [-0.1, -0.05) is 6.07 Å². The molecule has 0 bridgehead atoms. The zero-order valence-electron chi connectivity index (χ0n) is 18.9. The lowest BCUT2D eigenvalue weighted by atomic mass is 10.1. The summed E-state index contributed by atoms with van der Waals surface area (Å²) in [5.74, 6) is 0.634. The highest BCUT2D eigenvalue weighted by Gasteiger charge is 2.47. The monoisotopic (exact) mass is 467 g/mol. The maximum absolute atomic E-state index is 14.1. The number of morpholine rings is 1. The number of rotatable bonds is 5. The first-order valence-electron chi connectivity index (χ1n) is 11.1. The number of aromatic nitrogens is 3. The first-order chi connectivity index (χ1) is 15.6. The van der Waals surface area contributed by atoms with Gasteiger partial charge in [0.05, 0.1) is 31.9 Å². The van der Waals surface area contributed by atoms with Gasteiger partial charge >= 0.3 is 6.18 Å². The van der Waals surface area contributed by atoms with E-state index < -0.39 is 12.2 Å². The van der Waals surface area contributed by atoms with Gasteiger partial charge in [0, 0.05) is 30.9 Å². The van der Waals surface area contributed by atoms with E-state index in [1.54, 1.807) is 12.1 Å². The number of alkyl halides is 3. The largest absolute Gasteiger partial charge is 0.475 e. The van der Waals surface area contributed by atoms with Crippen LogP contribution in [0.3, 0.4) is 0 Å². The molecular formula is C22H28F3N5O3. The second-order valence-electron chi connectivity index (χ2n) is 8.63. The highest BCUT2D eigenvalue weighted by molar-refractivity contribution is 5.48. The predicted molar refractivity (Wildman–Crippen MR) is 117 cm³/mol. The van der Waals surface area contributed by atoms with E-state index in [0.717, 1.165) is 4.90 Å². The molecule has 8 nitrogen and oxygen atoms in total. The van der Waals surface area contributed by atoms with Crippen LogP contribution in [0, 0.1) is 0 Å². The molecule has 11 heteroatoms. The van der Waals surface area contributed by atoms with E-state index in [1.807, 2.05) is 25.7 Å². The summed E-state index contributed by atoms with van der Waals surface area (Å²) in [6.07, 6.45) is -3.40. The molecule has 0 unspecified atom stereocenters. The molecule has 2 aromatic rings. The number of ether oxygens (including phenoxy) is 2. The van der Waals surface area contributed by atoms with Crippen LogP contribution in [0.1, 0.15) is 32.8 Å². The highest BCUT2D eigenvalue weighted by Crippen LogP contribution is 2.36. The minimum absolute atomic E-state index is 0.00381. The van der Waals surface area contributed by atoms with Crippen molar-refractivity contribution in [2.45, 2.75) is 64.6 Å². The molecule has 0 radical (unpaired) electrons. The number of fused-ring (bicyclic) bond motifs is 1. The third-order valence-electron chi connectivity index (χ3n) is 5.81. The Morgan fingerprint density at radius 1 is 1.30 bits per heavy atom. The third kappa shape index (κ3) is 4.92. The minimum atomic E-state index is -4.49. The number of hydrogen-bond acceptors (Lipinski definition) is 7. The molecule has 2 atom stereocenters. The number of halogens is 3. The van der Waals surface area contributed by atoms with Crippen LogP contribution in [0.4, 0.5) is 24.9 Å². The smallest absolute Gasteiger partial charge is 0.408 e. The van der Waals surface area contributed by atoms with Gasteiger partial charge in [-0.05, 0) is 33.3 Å². The SMILES string of the molecule is CC(C)Oc1ncccc1CN1c2nc(N3CCOC[C@H]3C)cc(=O)n2CC[C@H]1C(F)(F)F. The molecule has 2 aliphatic heterocycles. The van der Waals surface area contributed by atoms with Crippen LogP contribution in [0.2, 0.25) is 0 Å². The standard InChI is InChI=1S/C22H28F3N5O3/c1-14(2)33-20-16(5-4-7-26-20)12-30-17(22(23,24)25)6-8-29-19(31)11-18(27-21(29)30)28-9-10-32-13-15(28)3/h4-5,7,11,14-15,17H,6,8-10,12-13H2,1-3H3/t15-,17+/m1/s1. The number of anilines is 2. The van der Waals surface area contributed by atoms with Gasteiger partial charge in [-0.25, -0.2) is 4.98 Å². The van der Waals surface area contributed by atoms with Crippen LogP contribution < -0.4 is 20.1 Å². The summed E-state index contributed by atoms with van der Waals surface area (Å²) in [6.45, 7) is 6.81. The Bertz CT molecular complexity index is 1040. The maximum atomic E-state index is 14.1. The number of nitrogens with zero attached hydrogens (tertiary/aromatic N) is 5. The normalized spacial score (nSPS) is 21.3. The van der Waals surface area contributed by atoms with E-state index in [2.05, 4.69) is 9.97 Å². The van der Waals surface area contributed by atoms with E-state index >= 15 is 0 Å². The van der Waals surface area contributed by atoms with Crippen molar-refractivity contribution in [3.05, 3.63) is 40.3 Å². The molecule has 4 heterocycles. The summed E-state index contributed by atoms with van der Waals surface area (Å²) in [5, 5.41) is 0.